The number of hydrogen-bond acceptors (Lipinski definition) is 2. The summed E-state index contributed by atoms with van der Waals surface area (Å²) in [6, 6.07) is 0. The summed E-state index contributed by atoms with van der Waals surface area (Å²) in [5.41, 5.74) is 0. The number of unbranched alkanes of at least 4 members (excludes halogenated alkanes) is 18. The fourth-order valence-electron chi connectivity index (χ4n) is 3.53. The smallest absolute Gasteiger partial charge is 0.303 e. The third-order valence-corrected chi connectivity index (χ3v) is 5.49. The van der Waals surface area contributed by atoms with E-state index < -0.39 is 11.9 Å². The van der Waals surface area contributed by atoms with E-state index in [2.05, 4.69) is 13.8 Å². The lowest BCUT2D eigenvalue weighted by Crippen LogP contribution is -1.93. The Kier molecular flexibility index (Phi) is 29.0. The summed E-state index contributed by atoms with van der Waals surface area (Å²) in [5.74, 6) is -1.32. The third-order valence-electron chi connectivity index (χ3n) is 5.49. The van der Waals surface area contributed by atoms with Crippen LogP contribution in [0.3, 0.4) is 0 Å². The van der Waals surface area contributed by atoms with E-state index in [-0.39, 0.29) is 0 Å². The topological polar surface area (TPSA) is 74.6 Å². The van der Waals surface area contributed by atoms with Crippen molar-refractivity contribution in [2.45, 2.75) is 155 Å². The first-order valence-electron chi connectivity index (χ1n) is 13.0. The molecule has 0 amide bonds. The normalized spacial score (nSPS) is 10.5. The first-order valence-corrected chi connectivity index (χ1v) is 13.0. The van der Waals surface area contributed by atoms with Gasteiger partial charge in [0.1, 0.15) is 0 Å². The maximum Gasteiger partial charge on any atom is 0.303 e. The predicted octanol–water partition coefficient (Wildman–Crippen LogP) is 8.76. The van der Waals surface area contributed by atoms with Crippen LogP contribution in [0.2, 0.25) is 0 Å². The Labute approximate surface area is 187 Å². The highest BCUT2D eigenvalue weighted by Crippen LogP contribution is 2.12. The number of carbonyl (C=O) groups is 2. The molecule has 0 saturated carbocycles. The van der Waals surface area contributed by atoms with Crippen LogP contribution in [0.1, 0.15) is 155 Å². The second-order valence-corrected chi connectivity index (χ2v) is 8.65. The van der Waals surface area contributed by atoms with E-state index in [0.29, 0.717) is 12.8 Å². The lowest BCUT2D eigenvalue weighted by molar-refractivity contribution is -0.138. The minimum atomic E-state index is -0.658. The summed E-state index contributed by atoms with van der Waals surface area (Å²) >= 11 is 0. The molecule has 0 radical (unpaired) electrons. The molecule has 0 fully saturated rings. The van der Waals surface area contributed by atoms with E-state index in [1.807, 2.05) is 0 Å². The van der Waals surface area contributed by atoms with Gasteiger partial charge in [0.15, 0.2) is 0 Å². The van der Waals surface area contributed by atoms with E-state index in [1.165, 1.54) is 103 Å². The van der Waals surface area contributed by atoms with Crippen LogP contribution in [0, 0.1) is 0 Å². The number of aliphatic carboxylic acids is 2. The Bertz CT molecular complexity index is 321. The number of hydrogen-bond donors (Lipinski definition) is 2. The van der Waals surface area contributed by atoms with Crippen molar-refractivity contribution in [3.8, 4) is 0 Å². The molecular formula is C26H52O4. The maximum absolute atomic E-state index is 10.2. The van der Waals surface area contributed by atoms with Crippen LogP contribution in [0.15, 0.2) is 0 Å². The molecule has 180 valence electrons. The van der Waals surface area contributed by atoms with Gasteiger partial charge in [-0.15, -0.1) is 0 Å². The first kappa shape index (κ1) is 31.1. The second kappa shape index (κ2) is 27.9. The highest BCUT2D eigenvalue weighted by atomic mass is 16.4. The van der Waals surface area contributed by atoms with E-state index in [1.54, 1.807) is 0 Å². The van der Waals surface area contributed by atoms with E-state index >= 15 is 0 Å². The largest absolute Gasteiger partial charge is 0.481 e. The zero-order valence-corrected chi connectivity index (χ0v) is 20.3. The van der Waals surface area contributed by atoms with Crippen LogP contribution in [-0.2, 0) is 9.59 Å². The van der Waals surface area contributed by atoms with E-state index in [9.17, 15) is 9.59 Å². The van der Waals surface area contributed by atoms with Crippen molar-refractivity contribution in [1.82, 2.24) is 0 Å². The van der Waals surface area contributed by atoms with Gasteiger partial charge in [0.05, 0.1) is 0 Å². The Balaban J connectivity index is 0. The lowest BCUT2D eigenvalue weighted by Gasteiger charge is -2.01. The van der Waals surface area contributed by atoms with Crippen molar-refractivity contribution in [3.63, 3.8) is 0 Å². The molecule has 0 saturated heterocycles. The molecule has 0 aromatic carbocycles. The summed E-state index contributed by atoms with van der Waals surface area (Å²) < 4.78 is 0. The van der Waals surface area contributed by atoms with Gasteiger partial charge in [-0.3, -0.25) is 9.59 Å². The fraction of sp³-hybridized carbons (Fsp3) is 0.923. The summed E-state index contributed by atoms with van der Waals surface area (Å²) in [6.07, 6.45) is 25.8. The number of rotatable bonds is 22. The molecule has 2 N–H and O–H groups in total. The summed E-state index contributed by atoms with van der Waals surface area (Å²) in [7, 11) is 0. The Morgan fingerprint density at radius 1 is 0.400 bits per heavy atom. The molecule has 4 nitrogen and oxygen atoms in total. The molecule has 0 rings (SSSR count). The Morgan fingerprint density at radius 2 is 0.600 bits per heavy atom. The summed E-state index contributed by atoms with van der Waals surface area (Å²) in [4.78, 5) is 20.5. The quantitative estimate of drug-likeness (QED) is 0.169. The molecular weight excluding hydrogens is 376 g/mol. The summed E-state index contributed by atoms with van der Waals surface area (Å²) in [5, 5.41) is 16.9. The molecule has 0 heterocycles. The zero-order valence-electron chi connectivity index (χ0n) is 20.3. The van der Waals surface area contributed by atoms with Crippen molar-refractivity contribution in [3.05, 3.63) is 0 Å². The van der Waals surface area contributed by atoms with Crippen molar-refractivity contribution in [2.24, 2.45) is 0 Å². The van der Waals surface area contributed by atoms with Crippen LogP contribution in [0.5, 0.6) is 0 Å². The van der Waals surface area contributed by atoms with Crippen LogP contribution < -0.4 is 0 Å². The molecule has 0 unspecified atom stereocenters. The zero-order chi connectivity index (χ0) is 22.7. The van der Waals surface area contributed by atoms with Crippen LogP contribution in [0.25, 0.3) is 0 Å². The van der Waals surface area contributed by atoms with E-state index in [0.717, 1.165) is 25.7 Å². The van der Waals surface area contributed by atoms with Crippen molar-refractivity contribution >= 4 is 11.9 Å². The van der Waals surface area contributed by atoms with Gasteiger partial charge >= 0.3 is 11.9 Å². The minimum absolute atomic E-state index is 0.344. The van der Waals surface area contributed by atoms with Gasteiger partial charge in [-0.25, -0.2) is 0 Å². The summed E-state index contributed by atoms with van der Waals surface area (Å²) in [6.45, 7) is 4.48. The number of carboxylic acids is 2. The van der Waals surface area contributed by atoms with Crippen molar-refractivity contribution < 1.29 is 19.8 Å². The van der Waals surface area contributed by atoms with Crippen molar-refractivity contribution in [1.29, 1.82) is 0 Å². The molecule has 0 aliphatic rings. The molecule has 0 aromatic heterocycles. The average Bonchev–Trinajstić information content (AvgIpc) is 2.71. The molecule has 0 aliphatic carbocycles. The standard InChI is InChI=1S/2C13H26O2/c2*1-2-3-4-5-6-7-8-9-10-11-12-13(14)15/h2*2-12H2,1H3,(H,14,15). The van der Waals surface area contributed by atoms with Gasteiger partial charge in [0.25, 0.3) is 0 Å². The van der Waals surface area contributed by atoms with E-state index in [4.69, 9.17) is 10.2 Å². The molecule has 0 atom stereocenters. The number of carboxylic acid groups (broad SMARTS) is 2. The van der Waals surface area contributed by atoms with Gasteiger partial charge in [-0.1, -0.05) is 129 Å². The predicted molar refractivity (Wildman–Crippen MR) is 128 cm³/mol. The minimum Gasteiger partial charge on any atom is -0.481 e. The SMILES string of the molecule is CCCCCCCCCCCCC(=O)O.CCCCCCCCCCCCC(=O)O. The Morgan fingerprint density at radius 3 is 0.800 bits per heavy atom. The molecule has 30 heavy (non-hydrogen) atoms. The molecule has 4 heteroatoms. The van der Waals surface area contributed by atoms with Crippen LogP contribution >= 0.6 is 0 Å². The van der Waals surface area contributed by atoms with Gasteiger partial charge in [0, 0.05) is 12.8 Å². The second-order valence-electron chi connectivity index (χ2n) is 8.65. The van der Waals surface area contributed by atoms with Gasteiger partial charge < -0.3 is 10.2 Å². The molecule has 0 bridgehead atoms. The highest BCUT2D eigenvalue weighted by molar-refractivity contribution is 5.66. The van der Waals surface area contributed by atoms with Crippen LogP contribution in [0.4, 0.5) is 0 Å². The molecule has 0 aliphatic heterocycles. The maximum atomic E-state index is 10.2. The third kappa shape index (κ3) is 34.4. The lowest BCUT2D eigenvalue weighted by atomic mass is 10.1. The Hall–Kier alpha value is -1.06. The van der Waals surface area contributed by atoms with Gasteiger partial charge in [-0.2, -0.15) is 0 Å². The highest BCUT2D eigenvalue weighted by Gasteiger charge is 1.97. The first-order chi connectivity index (χ1) is 14.5. The van der Waals surface area contributed by atoms with Crippen LogP contribution in [-0.4, -0.2) is 22.2 Å². The van der Waals surface area contributed by atoms with Gasteiger partial charge in [-0.05, 0) is 12.8 Å². The van der Waals surface area contributed by atoms with Crippen molar-refractivity contribution in [2.75, 3.05) is 0 Å². The monoisotopic (exact) mass is 428 g/mol. The molecule has 0 aromatic rings. The average molecular weight is 429 g/mol. The van der Waals surface area contributed by atoms with Gasteiger partial charge in [0.2, 0.25) is 0 Å². The fourth-order valence-corrected chi connectivity index (χ4v) is 3.53. The molecule has 0 spiro atoms.